The molecule has 0 bridgehead atoms. The van der Waals surface area contributed by atoms with E-state index in [9.17, 15) is 8.42 Å². The van der Waals surface area contributed by atoms with Gasteiger partial charge in [0.15, 0.2) is 0 Å². The summed E-state index contributed by atoms with van der Waals surface area (Å²) in [6.07, 6.45) is 3.39. The van der Waals surface area contributed by atoms with Crippen molar-refractivity contribution in [2.75, 3.05) is 32.1 Å². The van der Waals surface area contributed by atoms with Gasteiger partial charge in [-0.25, -0.2) is 8.42 Å². The maximum atomic E-state index is 10.9. The first-order valence-electron chi connectivity index (χ1n) is 4.46. The molecule has 0 radical (unpaired) electrons. The van der Waals surface area contributed by atoms with Gasteiger partial charge >= 0.3 is 0 Å². The average molecular weight is 206 g/mol. The van der Waals surface area contributed by atoms with Crippen molar-refractivity contribution in [3.05, 3.63) is 0 Å². The molecule has 0 heterocycles. The van der Waals surface area contributed by atoms with E-state index in [-0.39, 0.29) is 11.3 Å². The Labute approximate surface area is 80.0 Å². The number of sulfone groups is 1. The van der Waals surface area contributed by atoms with Crippen LogP contribution in [0.4, 0.5) is 0 Å². The van der Waals surface area contributed by atoms with Crippen LogP contribution in [0.3, 0.4) is 0 Å². The molecule has 0 aromatic carbocycles. The molecule has 1 saturated carbocycles. The number of hydrogen-bond acceptors (Lipinski definition) is 4. The molecule has 0 unspecified atom stereocenters. The van der Waals surface area contributed by atoms with Gasteiger partial charge in [0, 0.05) is 24.9 Å². The van der Waals surface area contributed by atoms with E-state index >= 15 is 0 Å². The summed E-state index contributed by atoms with van der Waals surface area (Å²) in [5.74, 6) is 0.222. The maximum Gasteiger partial charge on any atom is 0.148 e. The van der Waals surface area contributed by atoms with Crippen molar-refractivity contribution in [1.29, 1.82) is 0 Å². The lowest BCUT2D eigenvalue weighted by Gasteiger charge is -2.19. The normalized spacial score (nSPS) is 20.6. The molecule has 78 valence electrons. The van der Waals surface area contributed by atoms with E-state index in [0.717, 1.165) is 19.4 Å². The largest absolute Gasteiger partial charge is 0.324 e. The summed E-state index contributed by atoms with van der Waals surface area (Å²) in [6.45, 7) is 1.39. The monoisotopic (exact) mass is 206 g/mol. The van der Waals surface area contributed by atoms with Gasteiger partial charge in [0.1, 0.15) is 9.84 Å². The second-order valence-corrected chi connectivity index (χ2v) is 6.49. The lowest BCUT2D eigenvalue weighted by molar-refractivity contribution is 0.319. The zero-order chi connectivity index (χ0) is 10.1. The maximum absolute atomic E-state index is 10.9. The number of likely N-dealkylation sites (N-methyl/N-ethyl adjacent to an activating group) is 1. The summed E-state index contributed by atoms with van der Waals surface area (Å²) in [4.78, 5) is 1.99. The SMILES string of the molecule is CN(CCS(C)(=O)=O)CC1(N)CC1. The first-order chi connectivity index (χ1) is 5.81. The molecule has 0 aromatic rings. The topological polar surface area (TPSA) is 63.4 Å². The third kappa shape index (κ3) is 4.59. The molecule has 5 heteroatoms. The molecule has 0 saturated heterocycles. The van der Waals surface area contributed by atoms with Crippen molar-refractivity contribution < 1.29 is 8.42 Å². The minimum absolute atomic E-state index is 0.0216. The summed E-state index contributed by atoms with van der Waals surface area (Å²) in [5.41, 5.74) is 5.87. The molecule has 0 atom stereocenters. The van der Waals surface area contributed by atoms with E-state index < -0.39 is 9.84 Å². The summed E-state index contributed by atoms with van der Waals surface area (Å²) in [5, 5.41) is 0. The van der Waals surface area contributed by atoms with Gasteiger partial charge in [-0.05, 0) is 19.9 Å². The molecule has 1 rings (SSSR count). The lowest BCUT2D eigenvalue weighted by Crippen LogP contribution is -2.39. The molecule has 0 spiro atoms. The standard InChI is InChI=1S/C8H18N2O2S/c1-10(5-6-13(2,11)12)7-8(9)3-4-8/h3-7,9H2,1-2H3. The lowest BCUT2D eigenvalue weighted by atomic mass is 10.3. The average Bonchev–Trinajstić information content (AvgIpc) is 2.62. The van der Waals surface area contributed by atoms with Crippen LogP contribution in [-0.2, 0) is 9.84 Å². The fourth-order valence-electron chi connectivity index (χ4n) is 1.26. The van der Waals surface area contributed by atoms with E-state index in [1.807, 2.05) is 11.9 Å². The fraction of sp³-hybridized carbons (Fsp3) is 1.00. The molecule has 2 N–H and O–H groups in total. The fourth-order valence-corrected chi connectivity index (χ4v) is 1.90. The molecule has 1 aliphatic carbocycles. The van der Waals surface area contributed by atoms with E-state index in [1.54, 1.807) is 0 Å². The van der Waals surface area contributed by atoms with E-state index in [4.69, 9.17) is 5.73 Å². The molecule has 1 aliphatic rings. The highest BCUT2D eigenvalue weighted by Gasteiger charge is 2.38. The number of hydrogen-bond donors (Lipinski definition) is 1. The Morgan fingerprint density at radius 1 is 1.46 bits per heavy atom. The molecular formula is C8H18N2O2S. The van der Waals surface area contributed by atoms with Crippen LogP contribution in [0.2, 0.25) is 0 Å². The zero-order valence-electron chi connectivity index (χ0n) is 8.28. The quantitative estimate of drug-likeness (QED) is 0.656. The highest BCUT2D eigenvalue weighted by molar-refractivity contribution is 7.90. The van der Waals surface area contributed by atoms with Crippen molar-refractivity contribution in [1.82, 2.24) is 4.90 Å². The molecular weight excluding hydrogens is 188 g/mol. The van der Waals surface area contributed by atoms with Crippen LogP contribution in [0.5, 0.6) is 0 Å². The Kier molecular flexibility index (Phi) is 2.99. The minimum Gasteiger partial charge on any atom is -0.324 e. The Morgan fingerprint density at radius 3 is 2.38 bits per heavy atom. The summed E-state index contributed by atoms with van der Waals surface area (Å²) in [6, 6.07) is 0. The van der Waals surface area contributed by atoms with E-state index in [0.29, 0.717) is 6.54 Å². The van der Waals surface area contributed by atoms with Gasteiger partial charge in [-0.2, -0.15) is 0 Å². The van der Waals surface area contributed by atoms with Crippen LogP contribution in [0.15, 0.2) is 0 Å². The van der Waals surface area contributed by atoms with Crippen molar-refractivity contribution >= 4 is 9.84 Å². The smallest absolute Gasteiger partial charge is 0.148 e. The second kappa shape index (κ2) is 3.55. The van der Waals surface area contributed by atoms with Gasteiger partial charge in [-0.15, -0.1) is 0 Å². The minimum atomic E-state index is -2.84. The number of nitrogens with two attached hydrogens (primary N) is 1. The van der Waals surface area contributed by atoms with Crippen LogP contribution in [0.1, 0.15) is 12.8 Å². The number of nitrogens with zero attached hydrogens (tertiary/aromatic N) is 1. The van der Waals surface area contributed by atoms with Gasteiger partial charge in [0.05, 0.1) is 5.75 Å². The van der Waals surface area contributed by atoms with Gasteiger partial charge in [0.2, 0.25) is 0 Å². The van der Waals surface area contributed by atoms with Gasteiger partial charge in [-0.1, -0.05) is 0 Å². The molecule has 0 aliphatic heterocycles. The third-order valence-electron chi connectivity index (χ3n) is 2.32. The van der Waals surface area contributed by atoms with Crippen LogP contribution in [-0.4, -0.2) is 51.0 Å². The Bertz CT molecular complexity index is 270. The Morgan fingerprint density at radius 2 is 2.00 bits per heavy atom. The highest BCUT2D eigenvalue weighted by Crippen LogP contribution is 2.32. The summed E-state index contributed by atoms with van der Waals surface area (Å²) >= 11 is 0. The molecule has 13 heavy (non-hydrogen) atoms. The van der Waals surface area contributed by atoms with E-state index in [2.05, 4.69) is 0 Å². The molecule has 0 aromatic heterocycles. The predicted octanol–water partition coefficient (Wildman–Crippen LogP) is -0.546. The van der Waals surface area contributed by atoms with Crippen molar-refractivity contribution in [3.8, 4) is 0 Å². The first kappa shape index (κ1) is 10.9. The van der Waals surface area contributed by atoms with Gasteiger partial charge in [0.25, 0.3) is 0 Å². The van der Waals surface area contributed by atoms with Crippen LogP contribution in [0.25, 0.3) is 0 Å². The van der Waals surface area contributed by atoms with Crippen LogP contribution in [0, 0.1) is 0 Å². The van der Waals surface area contributed by atoms with Crippen LogP contribution >= 0.6 is 0 Å². The van der Waals surface area contributed by atoms with E-state index in [1.165, 1.54) is 6.26 Å². The Balaban J connectivity index is 2.22. The second-order valence-electron chi connectivity index (χ2n) is 4.23. The first-order valence-corrected chi connectivity index (χ1v) is 6.52. The highest BCUT2D eigenvalue weighted by atomic mass is 32.2. The summed E-state index contributed by atoms with van der Waals surface area (Å²) < 4.78 is 21.7. The summed E-state index contributed by atoms with van der Waals surface area (Å²) in [7, 11) is -0.922. The van der Waals surface area contributed by atoms with Crippen molar-refractivity contribution in [2.24, 2.45) is 5.73 Å². The molecule has 0 amide bonds. The van der Waals surface area contributed by atoms with Crippen molar-refractivity contribution in [3.63, 3.8) is 0 Å². The van der Waals surface area contributed by atoms with Gasteiger partial charge < -0.3 is 10.6 Å². The zero-order valence-corrected chi connectivity index (χ0v) is 9.10. The third-order valence-corrected chi connectivity index (χ3v) is 3.24. The predicted molar refractivity (Wildman–Crippen MR) is 53.4 cm³/mol. The Hall–Kier alpha value is -0.130. The van der Waals surface area contributed by atoms with Crippen molar-refractivity contribution in [2.45, 2.75) is 18.4 Å². The molecule has 1 fully saturated rings. The number of rotatable bonds is 5. The van der Waals surface area contributed by atoms with Gasteiger partial charge in [-0.3, -0.25) is 0 Å². The molecule has 4 nitrogen and oxygen atoms in total. The van der Waals surface area contributed by atoms with Crippen LogP contribution < -0.4 is 5.73 Å².